The fraction of sp³-hybridized carbons (Fsp3) is 0.375. The zero-order chi connectivity index (χ0) is 10.6. The Morgan fingerprint density at radius 2 is 2.29 bits per heavy atom. The lowest BCUT2D eigenvalue weighted by Crippen LogP contribution is -2.13. The van der Waals surface area contributed by atoms with E-state index in [1.165, 1.54) is 6.33 Å². The molecular weight excluding hydrogens is 186 g/mol. The molecule has 0 saturated heterocycles. The second-order valence-electron chi connectivity index (χ2n) is 2.79. The lowest BCUT2D eigenvalue weighted by Gasteiger charge is -2.11. The molecule has 0 aromatic carbocycles. The molecule has 1 rings (SSSR count). The van der Waals surface area contributed by atoms with Crippen molar-refractivity contribution in [2.45, 2.75) is 0 Å². The Hall–Kier alpha value is -1.85. The van der Waals surface area contributed by atoms with E-state index in [0.29, 0.717) is 5.82 Å². The van der Waals surface area contributed by atoms with Crippen LogP contribution >= 0.6 is 0 Å². The van der Waals surface area contributed by atoms with Crippen LogP contribution in [0.4, 0.5) is 5.82 Å². The highest BCUT2D eigenvalue weighted by Crippen LogP contribution is 2.12. The maximum absolute atomic E-state index is 10.2. The first kappa shape index (κ1) is 10.2. The number of carbonyl (C=O) groups is 1. The van der Waals surface area contributed by atoms with E-state index in [1.54, 1.807) is 11.0 Å². The van der Waals surface area contributed by atoms with Crippen LogP contribution in [0.3, 0.4) is 0 Å². The van der Waals surface area contributed by atoms with Crippen LogP contribution in [0.1, 0.15) is 0 Å². The number of carboxylic acids is 1. The third-order valence-corrected chi connectivity index (χ3v) is 1.43. The molecule has 1 N–H and O–H groups in total. The topological polar surface area (TPSA) is 75.5 Å². The van der Waals surface area contributed by atoms with Gasteiger partial charge in [-0.2, -0.15) is 0 Å². The maximum Gasteiger partial charge on any atom is 0.341 e. The maximum atomic E-state index is 10.2. The fourth-order valence-electron chi connectivity index (χ4n) is 0.789. The highest BCUT2D eigenvalue weighted by atomic mass is 16.5. The molecule has 0 radical (unpaired) electrons. The van der Waals surface area contributed by atoms with E-state index in [-0.39, 0.29) is 5.88 Å². The third kappa shape index (κ3) is 2.89. The van der Waals surface area contributed by atoms with Crippen molar-refractivity contribution in [3.05, 3.63) is 12.4 Å². The van der Waals surface area contributed by atoms with Gasteiger partial charge in [0.1, 0.15) is 12.1 Å². The van der Waals surface area contributed by atoms with E-state index in [1.807, 2.05) is 14.1 Å². The summed E-state index contributed by atoms with van der Waals surface area (Å²) in [6.45, 7) is -0.399. The van der Waals surface area contributed by atoms with Crippen LogP contribution in [0, 0.1) is 0 Å². The van der Waals surface area contributed by atoms with Gasteiger partial charge in [-0.15, -0.1) is 0 Å². The van der Waals surface area contributed by atoms with E-state index in [2.05, 4.69) is 9.97 Å². The summed E-state index contributed by atoms with van der Waals surface area (Å²) in [4.78, 5) is 19.7. The van der Waals surface area contributed by atoms with E-state index >= 15 is 0 Å². The number of aliphatic carboxylic acids is 1. The van der Waals surface area contributed by atoms with Crippen LogP contribution in [0.5, 0.6) is 5.88 Å². The molecule has 0 fully saturated rings. The Morgan fingerprint density at radius 3 is 2.86 bits per heavy atom. The molecule has 0 aliphatic rings. The molecule has 0 atom stereocenters. The molecule has 0 amide bonds. The predicted octanol–water partition coefficient (Wildman–Crippen LogP) is 0.00600. The fourth-order valence-corrected chi connectivity index (χ4v) is 0.789. The van der Waals surface area contributed by atoms with Crippen molar-refractivity contribution in [3.8, 4) is 5.88 Å². The summed E-state index contributed by atoms with van der Waals surface area (Å²) < 4.78 is 4.88. The van der Waals surface area contributed by atoms with Gasteiger partial charge in [-0.3, -0.25) is 0 Å². The van der Waals surface area contributed by atoms with Crippen LogP contribution in [-0.4, -0.2) is 41.7 Å². The Bertz CT molecular complexity index is 327. The van der Waals surface area contributed by atoms with Gasteiger partial charge in [-0.05, 0) is 0 Å². The SMILES string of the molecule is CN(C)c1cc(OCC(=O)O)ncn1. The van der Waals surface area contributed by atoms with Crippen LogP contribution in [0.25, 0.3) is 0 Å². The number of aromatic nitrogens is 2. The van der Waals surface area contributed by atoms with Crippen LogP contribution in [0.2, 0.25) is 0 Å². The summed E-state index contributed by atoms with van der Waals surface area (Å²) in [5.41, 5.74) is 0. The average Bonchev–Trinajstić information content (AvgIpc) is 2.15. The summed E-state index contributed by atoms with van der Waals surface area (Å²) in [6.07, 6.45) is 1.33. The molecule has 0 spiro atoms. The van der Waals surface area contributed by atoms with Crippen LogP contribution < -0.4 is 9.64 Å². The lowest BCUT2D eigenvalue weighted by molar-refractivity contribution is -0.139. The Morgan fingerprint density at radius 1 is 1.57 bits per heavy atom. The zero-order valence-corrected chi connectivity index (χ0v) is 7.97. The van der Waals surface area contributed by atoms with E-state index < -0.39 is 12.6 Å². The molecule has 1 aromatic heterocycles. The molecule has 0 aliphatic carbocycles. The first-order valence-electron chi connectivity index (χ1n) is 3.93. The lowest BCUT2D eigenvalue weighted by atomic mass is 10.5. The first-order valence-corrected chi connectivity index (χ1v) is 3.93. The van der Waals surface area contributed by atoms with Crippen LogP contribution in [0.15, 0.2) is 12.4 Å². The first-order chi connectivity index (χ1) is 6.59. The number of carboxylic acid groups (broad SMARTS) is 1. The van der Waals surface area contributed by atoms with Gasteiger partial charge >= 0.3 is 5.97 Å². The van der Waals surface area contributed by atoms with E-state index in [4.69, 9.17) is 9.84 Å². The summed E-state index contributed by atoms with van der Waals surface area (Å²) >= 11 is 0. The number of rotatable bonds is 4. The standard InChI is InChI=1S/C8H11N3O3/c1-11(2)6-3-7(10-5-9-6)14-4-8(12)13/h3,5H,4H2,1-2H3,(H,12,13). The molecule has 1 heterocycles. The average molecular weight is 197 g/mol. The quantitative estimate of drug-likeness (QED) is 0.732. The number of hydrogen-bond donors (Lipinski definition) is 1. The summed E-state index contributed by atoms with van der Waals surface area (Å²) in [5, 5.41) is 8.37. The molecule has 0 bridgehead atoms. The minimum absolute atomic E-state index is 0.256. The van der Waals surface area contributed by atoms with Crippen molar-refractivity contribution in [2.24, 2.45) is 0 Å². The molecule has 6 nitrogen and oxygen atoms in total. The van der Waals surface area contributed by atoms with Gasteiger partial charge in [-0.1, -0.05) is 0 Å². The van der Waals surface area contributed by atoms with Crippen molar-refractivity contribution in [1.82, 2.24) is 9.97 Å². The smallest absolute Gasteiger partial charge is 0.341 e. The van der Waals surface area contributed by atoms with Crippen LogP contribution in [-0.2, 0) is 4.79 Å². The summed E-state index contributed by atoms with van der Waals surface area (Å²) in [7, 11) is 3.65. The molecule has 0 saturated carbocycles. The normalized spacial score (nSPS) is 9.57. The largest absolute Gasteiger partial charge is 0.479 e. The number of hydrogen-bond acceptors (Lipinski definition) is 5. The second kappa shape index (κ2) is 4.40. The number of ether oxygens (including phenoxy) is 1. The van der Waals surface area contributed by atoms with Crippen molar-refractivity contribution < 1.29 is 14.6 Å². The van der Waals surface area contributed by atoms with Gasteiger partial charge in [0.05, 0.1) is 0 Å². The van der Waals surface area contributed by atoms with Gasteiger partial charge < -0.3 is 14.7 Å². The Balaban J connectivity index is 2.68. The molecule has 6 heteroatoms. The number of anilines is 1. The zero-order valence-electron chi connectivity index (χ0n) is 7.97. The summed E-state index contributed by atoms with van der Waals surface area (Å²) in [6, 6.07) is 1.57. The predicted molar refractivity (Wildman–Crippen MR) is 49.5 cm³/mol. The van der Waals surface area contributed by atoms with E-state index in [9.17, 15) is 4.79 Å². The highest BCUT2D eigenvalue weighted by molar-refractivity contribution is 5.68. The third-order valence-electron chi connectivity index (χ3n) is 1.43. The van der Waals surface area contributed by atoms with Crippen molar-refractivity contribution in [2.75, 3.05) is 25.6 Å². The van der Waals surface area contributed by atoms with Crippen molar-refractivity contribution in [1.29, 1.82) is 0 Å². The molecule has 0 aliphatic heterocycles. The number of nitrogens with zero attached hydrogens (tertiary/aromatic N) is 3. The Kier molecular flexibility index (Phi) is 3.22. The van der Waals surface area contributed by atoms with Gasteiger partial charge in [0.25, 0.3) is 0 Å². The minimum atomic E-state index is -1.03. The van der Waals surface area contributed by atoms with Gasteiger partial charge in [0.2, 0.25) is 5.88 Å². The Labute approximate surface area is 81.2 Å². The van der Waals surface area contributed by atoms with Gasteiger partial charge in [-0.25, -0.2) is 14.8 Å². The summed E-state index contributed by atoms with van der Waals surface area (Å²) in [5.74, 6) is -0.110. The van der Waals surface area contributed by atoms with Crippen molar-refractivity contribution in [3.63, 3.8) is 0 Å². The van der Waals surface area contributed by atoms with Gasteiger partial charge in [0.15, 0.2) is 6.61 Å². The molecule has 0 unspecified atom stereocenters. The highest BCUT2D eigenvalue weighted by Gasteiger charge is 2.03. The van der Waals surface area contributed by atoms with Crippen molar-refractivity contribution >= 4 is 11.8 Å². The molecule has 76 valence electrons. The second-order valence-corrected chi connectivity index (χ2v) is 2.79. The monoisotopic (exact) mass is 197 g/mol. The van der Waals surface area contributed by atoms with Gasteiger partial charge in [0, 0.05) is 20.2 Å². The minimum Gasteiger partial charge on any atom is -0.479 e. The molecule has 1 aromatic rings. The van der Waals surface area contributed by atoms with E-state index in [0.717, 1.165) is 0 Å². The molecule has 14 heavy (non-hydrogen) atoms. The molecular formula is C8H11N3O3.